The SMILES string of the molecule is CN(C)C(=O)C1CCCN1C(=O)C1CCCCC1N. The van der Waals surface area contributed by atoms with Crippen molar-refractivity contribution in [1.29, 1.82) is 0 Å². The van der Waals surface area contributed by atoms with Crippen LogP contribution in [0.1, 0.15) is 38.5 Å². The molecule has 0 radical (unpaired) electrons. The molecule has 0 spiro atoms. The second-order valence-electron chi connectivity index (χ2n) is 5.98. The molecule has 1 saturated carbocycles. The Hall–Kier alpha value is -1.10. The highest BCUT2D eigenvalue weighted by Crippen LogP contribution is 2.28. The number of carbonyl (C=O) groups is 2. The average Bonchev–Trinajstić information content (AvgIpc) is 2.86. The molecular formula is C14H25N3O2. The number of carbonyl (C=O) groups excluding carboxylic acids is 2. The van der Waals surface area contributed by atoms with Crippen LogP contribution in [0.5, 0.6) is 0 Å². The van der Waals surface area contributed by atoms with Gasteiger partial charge in [0.15, 0.2) is 0 Å². The number of likely N-dealkylation sites (tertiary alicyclic amines) is 1. The highest BCUT2D eigenvalue weighted by atomic mass is 16.2. The molecule has 2 aliphatic rings. The minimum absolute atomic E-state index is 0.0306. The van der Waals surface area contributed by atoms with E-state index in [4.69, 9.17) is 5.73 Å². The van der Waals surface area contributed by atoms with Gasteiger partial charge in [-0.25, -0.2) is 0 Å². The van der Waals surface area contributed by atoms with Gasteiger partial charge in [0.05, 0.1) is 5.92 Å². The fourth-order valence-corrected chi connectivity index (χ4v) is 3.26. The van der Waals surface area contributed by atoms with E-state index in [2.05, 4.69) is 0 Å². The maximum atomic E-state index is 12.6. The molecule has 19 heavy (non-hydrogen) atoms. The molecule has 0 aromatic heterocycles. The Balaban J connectivity index is 2.07. The van der Waals surface area contributed by atoms with Crippen molar-refractivity contribution in [3.63, 3.8) is 0 Å². The van der Waals surface area contributed by atoms with Gasteiger partial charge in [0.2, 0.25) is 11.8 Å². The number of likely N-dealkylation sites (N-methyl/N-ethyl adjacent to an activating group) is 1. The second kappa shape index (κ2) is 5.90. The highest BCUT2D eigenvalue weighted by molar-refractivity contribution is 5.89. The predicted molar refractivity (Wildman–Crippen MR) is 73.4 cm³/mol. The van der Waals surface area contributed by atoms with E-state index in [1.165, 1.54) is 0 Å². The monoisotopic (exact) mass is 267 g/mol. The number of nitrogens with two attached hydrogens (primary N) is 1. The summed E-state index contributed by atoms with van der Waals surface area (Å²) in [4.78, 5) is 28.1. The molecule has 3 atom stereocenters. The Labute approximate surface area is 115 Å². The smallest absolute Gasteiger partial charge is 0.244 e. The molecule has 5 heteroatoms. The van der Waals surface area contributed by atoms with Crippen molar-refractivity contribution >= 4 is 11.8 Å². The average molecular weight is 267 g/mol. The molecule has 2 fully saturated rings. The molecule has 5 nitrogen and oxygen atoms in total. The van der Waals surface area contributed by atoms with Crippen LogP contribution in [0.3, 0.4) is 0 Å². The van der Waals surface area contributed by atoms with E-state index in [0.29, 0.717) is 6.54 Å². The summed E-state index contributed by atoms with van der Waals surface area (Å²) in [6, 6.07) is -0.298. The van der Waals surface area contributed by atoms with Crippen molar-refractivity contribution in [2.75, 3.05) is 20.6 Å². The lowest BCUT2D eigenvalue weighted by molar-refractivity contribution is -0.145. The van der Waals surface area contributed by atoms with Crippen LogP contribution in [0.2, 0.25) is 0 Å². The topological polar surface area (TPSA) is 66.6 Å². The Morgan fingerprint density at radius 3 is 2.42 bits per heavy atom. The van der Waals surface area contributed by atoms with E-state index in [1.54, 1.807) is 23.9 Å². The molecule has 108 valence electrons. The van der Waals surface area contributed by atoms with Crippen molar-refractivity contribution < 1.29 is 9.59 Å². The maximum absolute atomic E-state index is 12.6. The molecule has 2 rings (SSSR count). The molecule has 0 bridgehead atoms. The first kappa shape index (κ1) is 14.3. The fourth-order valence-electron chi connectivity index (χ4n) is 3.26. The number of hydrogen-bond donors (Lipinski definition) is 1. The van der Waals surface area contributed by atoms with Gasteiger partial charge in [0, 0.05) is 26.7 Å². The minimum Gasteiger partial charge on any atom is -0.347 e. The summed E-state index contributed by atoms with van der Waals surface area (Å²) in [7, 11) is 3.49. The number of nitrogens with zero attached hydrogens (tertiary/aromatic N) is 2. The molecule has 1 aliphatic heterocycles. The second-order valence-corrected chi connectivity index (χ2v) is 5.98. The number of hydrogen-bond acceptors (Lipinski definition) is 3. The Kier molecular flexibility index (Phi) is 4.45. The Bertz CT molecular complexity index is 357. The fraction of sp³-hybridized carbons (Fsp3) is 0.857. The predicted octanol–water partition coefficient (Wildman–Crippen LogP) is 0.583. The van der Waals surface area contributed by atoms with Crippen molar-refractivity contribution in [3.8, 4) is 0 Å². The molecule has 1 aliphatic carbocycles. The van der Waals surface area contributed by atoms with Crippen molar-refractivity contribution in [1.82, 2.24) is 9.80 Å². The van der Waals surface area contributed by atoms with Gasteiger partial charge < -0.3 is 15.5 Å². The van der Waals surface area contributed by atoms with Gasteiger partial charge in [-0.05, 0) is 25.7 Å². The van der Waals surface area contributed by atoms with Gasteiger partial charge in [0.1, 0.15) is 6.04 Å². The summed E-state index contributed by atoms with van der Waals surface area (Å²) in [5, 5.41) is 0. The van der Waals surface area contributed by atoms with Crippen LogP contribution in [0.15, 0.2) is 0 Å². The van der Waals surface area contributed by atoms with Crippen molar-refractivity contribution in [2.45, 2.75) is 50.6 Å². The summed E-state index contributed by atoms with van der Waals surface area (Å²) in [5.41, 5.74) is 6.09. The standard InChI is InChI=1S/C14H25N3O2/c1-16(2)14(19)12-8-5-9-17(12)13(18)10-6-3-4-7-11(10)15/h10-12H,3-9,15H2,1-2H3. The van der Waals surface area contributed by atoms with Gasteiger partial charge in [-0.3, -0.25) is 9.59 Å². The third kappa shape index (κ3) is 2.91. The lowest BCUT2D eigenvalue weighted by Crippen LogP contribution is -2.51. The van der Waals surface area contributed by atoms with E-state index in [0.717, 1.165) is 38.5 Å². The third-order valence-electron chi connectivity index (χ3n) is 4.40. The van der Waals surface area contributed by atoms with Gasteiger partial charge in [-0.15, -0.1) is 0 Å². The van der Waals surface area contributed by atoms with Crippen LogP contribution in [0.25, 0.3) is 0 Å². The lowest BCUT2D eigenvalue weighted by Gasteiger charge is -2.34. The van der Waals surface area contributed by atoms with Gasteiger partial charge in [-0.1, -0.05) is 12.8 Å². The number of amides is 2. The third-order valence-corrected chi connectivity index (χ3v) is 4.40. The van der Waals surface area contributed by atoms with E-state index < -0.39 is 0 Å². The van der Waals surface area contributed by atoms with E-state index in [-0.39, 0.29) is 29.8 Å². The zero-order chi connectivity index (χ0) is 14.0. The highest BCUT2D eigenvalue weighted by Gasteiger charge is 2.39. The summed E-state index contributed by atoms with van der Waals surface area (Å²) in [5.74, 6) is 0.0597. The van der Waals surface area contributed by atoms with Crippen molar-refractivity contribution in [2.24, 2.45) is 11.7 Å². The molecular weight excluding hydrogens is 242 g/mol. The first-order valence-corrected chi connectivity index (χ1v) is 7.29. The van der Waals surface area contributed by atoms with Crippen LogP contribution in [0, 0.1) is 5.92 Å². The quantitative estimate of drug-likeness (QED) is 0.796. The van der Waals surface area contributed by atoms with E-state index in [1.807, 2.05) is 0 Å². The summed E-state index contributed by atoms with van der Waals surface area (Å²) >= 11 is 0. The van der Waals surface area contributed by atoms with Crippen LogP contribution in [0.4, 0.5) is 0 Å². The first-order chi connectivity index (χ1) is 9.02. The number of rotatable bonds is 2. The molecule has 3 unspecified atom stereocenters. The molecule has 0 aromatic carbocycles. The van der Waals surface area contributed by atoms with Gasteiger partial charge >= 0.3 is 0 Å². The normalized spacial score (nSPS) is 31.3. The van der Waals surface area contributed by atoms with Gasteiger partial charge in [0.25, 0.3) is 0 Å². The van der Waals surface area contributed by atoms with Crippen LogP contribution in [-0.2, 0) is 9.59 Å². The summed E-state index contributed by atoms with van der Waals surface area (Å²) in [6.45, 7) is 0.701. The lowest BCUT2D eigenvalue weighted by atomic mass is 9.84. The van der Waals surface area contributed by atoms with Crippen LogP contribution < -0.4 is 5.73 Å². The molecule has 0 aromatic rings. The maximum Gasteiger partial charge on any atom is 0.244 e. The minimum atomic E-state index is -0.267. The van der Waals surface area contributed by atoms with Crippen LogP contribution >= 0.6 is 0 Å². The summed E-state index contributed by atoms with van der Waals surface area (Å²) < 4.78 is 0. The molecule has 1 heterocycles. The van der Waals surface area contributed by atoms with Crippen molar-refractivity contribution in [3.05, 3.63) is 0 Å². The summed E-state index contributed by atoms with van der Waals surface area (Å²) in [6.07, 6.45) is 5.69. The first-order valence-electron chi connectivity index (χ1n) is 7.29. The molecule has 1 saturated heterocycles. The molecule has 2 N–H and O–H groups in total. The largest absolute Gasteiger partial charge is 0.347 e. The van der Waals surface area contributed by atoms with Crippen LogP contribution in [-0.4, -0.2) is 54.3 Å². The zero-order valence-corrected chi connectivity index (χ0v) is 12.0. The Morgan fingerprint density at radius 2 is 1.79 bits per heavy atom. The zero-order valence-electron chi connectivity index (χ0n) is 12.0. The van der Waals surface area contributed by atoms with E-state index >= 15 is 0 Å². The molecule has 2 amide bonds. The Morgan fingerprint density at radius 1 is 1.11 bits per heavy atom. The van der Waals surface area contributed by atoms with E-state index in [9.17, 15) is 9.59 Å². The van der Waals surface area contributed by atoms with Gasteiger partial charge in [-0.2, -0.15) is 0 Å².